The first-order chi connectivity index (χ1) is 10.7. The topological polar surface area (TPSA) is 50.7 Å². The molecule has 0 saturated carbocycles. The van der Waals surface area contributed by atoms with Crippen LogP contribution >= 0.6 is 15.9 Å². The number of carbonyl (C=O) groups excluding carboxylic acids is 1. The Balaban J connectivity index is 1.98. The maximum absolute atomic E-state index is 12.0. The van der Waals surface area contributed by atoms with Crippen LogP contribution < -0.4 is 10.2 Å². The first kappa shape index (κ1) is 16.2. The highest BCUT2D eigenvalue weighted by Gasteiger charge is 2.07. The Morgan fingerprint density at radius 1 is 1.27 bits per heavy atom. The molecule has 1 amide bonds. The molecule has 5 heteroatoms. The maximum Gasteiger partial charge on any atom is 0.272 e. The quantitative estimate of drug-likeness (QED) is 0.625. The lowest BCUT2D eigenvalue weighted by Crippen LogP contribution is -2.18. The summed E-state index contributed by atoms with van der Waals surface area (Å²) in [6.07, 6.45) is 2.55. The van der Waals surface area contributed by atoms with Crippen LogP contribution in [-0.2, 0) is 0 Å². The van der Waals surface area contributed by atoms with Crippen LogP contribution in [0.25, 0.3) is 0 Å². The minimum Gasteiger partial charge on any atom is -0.494 e. The molecule has 2 rings (SSSR count). The number of hydrogen-bond donors (Lipinski definition) is 1. The molecule has 1 N–H and O–H groups in total. The van der Waals surface area contributed by atoms with Gasteiger partial charge in [-0.2, -0.15) is 5.10 Å². The predicted molar refractivity (Wildman–Crippen MR) is 91.4 cm³/mol. The molecule has 0 bridgehead atoms. The second kappa shape index (κ2) is 8.34. The number of benzene rings is 2. The standard InChI is InChI=1S/C17H17BrN2O2/c1-2-10-22-14-7-5-6-13(11-14)12-19-20-17(21)15-8-3-4-9-16(15)18/h3-9,11-12H,2,10H2,1H3,(H,20,21)/b19-12-. The Morgan fingerprint density at radius 2 is 2.09 bits per heavy atom. The number of carbonyl (C=O) groups is 1. The zero-order chi connectivity index (χ0) is 15.8. The highest BCUT2D eigenvalue weighted by atomic mass is 79.9. The fraction of sp³-hybridized carbons (Fsp3) is 0.176. The van der Waals surface area contributed by atoms with E-state index < -0.39 is 0 Å². The van der Waals surface area contributed by atoms with E-state index in [1.807, 2.05) is 36.4 Å². The van der Waals surface area contributed by atoms with Crippen LogP contribution in [0.15, 0.2) is 58.1 Å². The fourth-order valence-electron chi connectivity index (χ4n) is 1.78. The van der Waals surface area contributed by atoms with E-state index >= 15 is 0 Å². The summed E-state index contributed by atoms with van der Waals surface area (Å²) in [5.74, 6) is 0.532. The van der Waals surface area contributed by atoms with E-state index in [4.69, 9.17) is 4.74 Å². The summed E-state index contributed by atoms with van der Waals surface area (Å²) in [5.41, 5.74) is 3.91. The van der Waals surface area contributed by atoms with Gasteiger partial charge in [0, 0.05) is 4.47 Å². The molecule has 0 atom stereocenters. The van der Waals surface area contributed by atoms with Crippen LogP contribution in [0.2, 0.25) is 0 Å². The summed E-state index contributed by atoms with van der Waals surface area (Å²) in [6, 6.07) is 14.8. The van der Waals surface area contributed by atoms with E-state index in [1.165, 1.54) is 0 Å². The average Bonchev–Trinajstić information content (AvgIpc) is 2.53. The average molecular weight is 361 g/mol. The van der Waals surface area contributed by atoms with E-state index in [0.29, 0.717) is 12.2 Å². The lowest BCUT2D eigenvalue weighted by molar-refractivity contribution is 0.0954. The van der Waals surface area contributed by atoms with Crippen LogP contribution in [0.4, 0.5) is 0 Å². The maximum atomic E-state index is 12.0. The Bertz CT molecular complexity index is 671. The minimum atomic E-state index is -0.262. The Kier molecular flexibility index (Phi) is 6.15. The molecule has 114 valence electrons. The van der Waals surface area contributed by atoms with Gasteiger partial charge in [-0.1, -0.05) is 31.2 Å². The van der Waals surface area contributed by atoms with Crippen LogP contribution in [0.3, 0.4) is 0 Å². The van der Waals surface area contributed by atoms with Crippen molar-refractivity contribution in [2.75, 3.05) is 6.61 Å². The van der Waals surface area contributed by atoms with E-state index in [-0.39, 0.29) is 5.91 Å². The molecule has 0 saturated heterocycles. The van der Waals surface area contributed by atoms with Crippen LogP contribution in [-0.4, -0.2) is 18.7 Å². The molecule has 0 radical (unpaired) electrons. The second-order valence-corrected chi connectivity index (χ2v) is 5.45. The van der Waals surface area contributed by atoms with E-state index in [1.54, 1.807) is 18.3 Å². The number of halogens is 1. The third-order valence-electron chi connectivity index (χ3n) is 2.83. The van der Waals surface area contributed by atoms with Gasteiger partial charge < -0.3 is 4.74 Å². The number of ether oxygens (including phenoxy) is 1. The summed E-state index contributed by atoms with van der Waals surface area (Å²) in [7, 11) is 0. The van der Waals surface area contributed by atoms with Gasteiger partial charge in [-0.15, -0.1) is 0 Å². The van der Waals surface area contributed by atoms with Crippen molar-refractivity contribution < 1.29 is 9.53 Å². The highest BCUT2D eigenvalue weighted by molar-refractivity contribution is 9.10. The largest absolute Gasteiger partial charge is 0.494 e. The smallest absolute Gasteiger partial charge is 0.272 e. The zero-order valence-electron chi connectivity index (χ0n) is 12.3. The summed E-state index contributed by atoms with van der Waals surface area (Å²) in [6.45, 7) is 2.74. The molecule has 0 aromatic heterocycles. The molecule has 0 unspecified atom stereocenters. The highest BCUT2D eigenvalue weighted by Crippen LogP contribution is 2.15. The summed E-state index contributed by atoms with van der Waals surface area (Å²) in [5, 5.41) is 3.98. The van der Waals surface area contributed by atoms with Crippen molar-refractivity contribution in [1.82, 2.24) is 5.43 Å². The van der Waals surface area contributed by atoms with E-state index in [0.717, 1.165) is 22.2 Å². The molecule has 0 fully saturated rings. The van der Waals surface area contributed by atoms with Crippen LogP contribution in [0.1, 0.15) is 29.3 Å². The van der Waals surface area contributed by atoms with Gasteiger partial charge >= 0.3 is 0 Å². The second-order valence-electron chi connectivity index (χ2n) is 4.60. The molecule has 0 aliphatic carbocycles. The van der Waals surface area contributed by atoms with Crippen molar-refractivity contribution in [3.63, 3.8) is 0 Å². The van der Waals surface area contributed by atoms with Crippen molar-refractivity contribution in [1.29, 1.82) is 0 Å². The van der Waals surface area contributed by atoms with Gasteiger partial charge in [-0.25, -0.2) is 5.43 Å². The van der Waals surface area contributed by atoms with E-state index in [9.17, 15) is 4.79 Å². The molecule has 0 aliphatic rings. The normalized spacial score (nSPS) is 10.6. The third kappa shape index (κ3) is 4.70. The van der Waals surface area contributed by atoms with Crippen LogP contribution in [0, 0.1) is 0 Å². The molecular formula is C17H17BrN2O2. The van der Waals surface area contributed by atoms with Gasteiger partial charge in [0.25, 0.3) is 5.91 Å². The molecule has 0 aliphatic heterocycles. The molecule has 4 nitrogen and oxygen atoms in total. The van der Waals surface area contributed by atoms with Gasteiger partial charge in [-0.3, -0.25) is 4.79 Å². The summed E-state index contributed by atoms with van der Waals surface area (Å²) >= 11 is 3.34. The van der Waals surface area contributed by atoms with Crippen molar-refractivity contribution >= 4 is 28.1 Å². The Morgan fingerprint density at radius 3 is 2.86 bits per heavy atom. The first-order valence-electron chi connectivity index (χ1n) is 7.01. The number of rotatable bonds is 6. The van der Waals surface area contributed by atoms with Crippen molar-refractivity contribution in [2.45, 2.75) is 13.3 Å². The molecule has 2 aromatic carbocycles. The minimum absolute atomic E-state index is 0.262. The third-order valence-corrected chi connectivity index (χ3v) is 3.52. The lowest BCUT2D eigenvalue weighted by Gasteiger charge is -2.05. The molecule has 0 heterocycles. The van der Waals surface area contributed by atoms with Gasteiger partial charge in [0.05, 0.1) is 18.4 Å². The van der Waals surface area contributed by atoms with Gasteiger partial charge in [0.2, 0.25) is 0 Å². The number of hydrazone groups is 1. The van der Waals surface area contributed by atoms with Gasteiger partial charge in [0.1, 0.15) is 5.75 Å². The van der Waals surface area contributed by atoms with E-state index in [2.05, 4.69) is 33.4 Å². The number of hydrogen-bond acceptors (Lipinski definition) is 3. The molecule has 22 heavy (non-hydrogen) atoms. The Hall–Kier alpha value is -2.14. The zero-order valence-corrected chi connectivity index (χ0v) is 13.8. The van der Waals surface area contributed by atoms with Gasteiger partial charge in [0.15, 0.2) is 0 Å². The van der Waals surface area contributed by atoms with Crippen LogP contribution in [0.5, 0.6) is 5.75 Å². The molecule has 0 spiro atoms. The molecule has 2 aromatic rings. The number of amides is 1. The molecular weight excluding hydrogens is 344 g/mol. The SMILES string of the molecule is CCCOc1cccc(/C=N\NC(=O)c2ccccc2Br)c1. The van der Waals surface area contributed by atoms with Gasteiger partial charge in [-0.05, 0) is 52.2 Å². The number of nitrogens with zero attached hydrogens (tertiary/aromatic N) is 1. The van der Waals surface area contributed by atoms with Crippen molar-refractivity contribution in [3.8, 4) is 5.75 Å². The monoisotopic (exact) mass is 360 g/mol. The lowest BCUT2D eigenvalue weighted by atomic mass is 10.2. The van der Waals surface area contributed by atoms with Crippen molar-refractivity contribution in [2.24, 2.45) is 5.10 Å². The van der Waals surface area contributed by atoms with Crippen molar-refractivity contribution in [3.05, 3.63) is 64.1 Å². The fourth-order valence-corrected chi connectivity index (χ4v) is 2.24. The number of nitrogens with one attached hydrogen (secondary N) is 1. The first-order valence-corrected chi connectivity index (χ1v) is 7.81. The predicted octanol–water partition coefficient (Wildman–Crippen LogP) is 4.00. The summed E-state index contributed by atoms with van der Waals surface area (Å²) < 4.78 is 6.29. The summed E-state index contributed by atoms with van der Waals surface area (Å²) in [4.78, 5) is 12.0. The Labute approximate surface area is 138 Å².